The van der Waals surface area contributed by atoms with Crippen molar-refractivity contribution >= 4 is 6.09 Å². The Morgan fingerprint density at radius 2 is 1.91 bits per heavy atom. The van der Waals surface area contributed by atoms with E-state index < -0.39 is 0 Å². The van der Waals surface area contributed by atoms with Crippen LogP contribution in [0.5, 0.6) is 5.88 Å². The first kappa shape index (κ1) is 14.3. The molecule has 2 aliphatic rings. The fraction of sp³-hybridized carbons (Fsp3) is 0.412. The average Bonchev–Trinajstić information content (AvgIpc) is 3.23. The van der Waals surface area contributed by atoms with Crippen molar-refractivity contribution in [3.05, 3.63) is 36.4 Å². The Hall–Kier alpha value is -2.34. The van der Waals surface area contributed by atoms with E-state index in [-0.39, 0.29) is 6.09 Å². The number of fused-ring (bicyclic) bond motifs is 1. The van der Waals surface area contributed by atoms with E-state index in [4.69, 9.17) is 4.74 Å². The lowest BCUT2D eigenvalue weighted by Gasteiger charge is -2.16. The first-order chi connectivity index (χ1) is 11.2. The third-order valence-electron chi connectivity index (χ3n) is 4.75. The molecule has 0 bridgehead atoms. The average molecular weight is 312 g/mol. The summed E-state index contributed by atoms with van der Waals surface area (Å²) >= 11 is 0. The minimum Gasteiger partial charge on any atom is -0.391 e. The minimum atomic E-state index is -0.276. The SMILES string of the molecule is Cn1nc(-c2ccccc2)cc1OC(=O)N1CC2CNCC2C1. The molecule has 120 valence electrons. The third kappa shape index (κ3) is 2.70. The molecule has 2 unspecified atom stereocenters. The second-order valence-corrected chi connectivity index (χ2v) is 6.31. The molecule has 0 saturated carbocycles. The van der Waals surface area contributed by atoms with Crippen LogP contribution in [0.25, 0.3) is 11.3 Å². The van der Waals surface area contributed by atoms with Gasteiger partial charge in [-0.15, -0.1) is 0 Å². The quantitative estimate of drug-likeness (QED) is 0.917. The lowest BCUT2D eigenvalue weighted by Crippen LogP contribution is -2.34. The summed E-state index contributed by atoms with van der Waals surface area (Å²) in [5.74, 6) is 1.60. The molecule has 2 aromatic rings. The summed E-state index contributed by atoms with van der Waals surface area (Å²) in [6.07, 6.45) is -0.276. The van der Waals surface area contributed by atoms with Gasteiger partial charge in [0.1, 0.15) is 0 Å². The highest BCUT2D eigenvalue weighted by Gasteiger charge is 2.39. The van der Waals surface area contributed by atoms with Gasteiger partial charge in [-0.25, -0.2) is 9.48 Å². The maximum absolute atomic E-state index is 12.4. The van der Waals surface area contributed by atoms with Crippen molar-refractivity contribution in [2.45, 2.75) is 0 Å². The molecule has 0 radical (unpaired) electrons. The summed E-state index contributed by atoms with van der Waals surface area (Å²) in [6.45, 7) is 3.55. The van der Waals surface area contributed by atoms with Crippen LogP contribution in [-0.2, 0) is 7.05 Å². The van der Waals surface area contributed by atoms with E-state index in [9.17, 15) is 4.79 Å². The van der Waals surface area contributed by atoms with Gasteiger partial charge in [0.15, 0.2) is 0 Å². The molecule has 23 heavy (non-hydrogen) atoms. The predicted octanol–water partition coefficient (Wildman–Crippen LogP) is 1.74. The molecule has 0 spiro atoms. The summed E-state index contributed by atoms with van der Waals surface area (Å²) in [7, 11) is 1.79. The highest BCUT2D eigenvalue weighted by molar-refractivity contribution is 5.71. The molecule has 4 rings (SSSR count). The summed E-state index contributed by atoms with van der Waals surface area (Å²) in [4.78, 5) is 14.2. The molecule has 3 heterocycles. The highest BCUT2D eigenvalue weighted by atomic mass is 16.6. The Kier molecular flexibility index (Phi) is 3.53. The topological polar surface area (TPSA) is 59.4 Å². The summed E-state index contributed by atoms with van der Waals surface area (Å²) in [6, 6.07) is 11.7. The first-order valence-electron chi connectivity index (χ1n) is 7.97. The number of benzene rings is 1. The van der Waals surface area contributed by atoms with Gasteiger partial charge in [-0.05, 0) is 11.8 Å². The Morgan fingerprint density at radius 3 is 2.61 bits per heavy atom. The Morgan fingerprint density at radius 1 is 1.22 bits per heavy atom. The van der Waals surface area contributed by atoms with Gasteiger partial charge >= 0.3 is 6.09 Å². The number of nitrogens with zero attached hydrogens (tertiary/aromatic N) is 3. The molecule has 6 heteroatoms. The van der Waals surface area contributed by atoms with Crippen LogP contribution in [0.15, 0.2) is 36.4 Å². The van der Waals surface area contributed by atoms with Crippen LogP contribution in [0.4, 0.5) is 4.79 Å². The summed E-state index contributed by atoms with van der Waals surface area (Å²) < 4.78 is 7.17. The number of amides is 1. The molecule has 6 nitrogen and oxygen atoms in total. The molecular weight excluding hydrogens is 292 g/mol. The van der Waals surface area contributed by atoms with Gasteiger partial charge in [-0.2, -0.15) is 5.10 Å². The highest BCUT2D eigenvalue weighted by Crippen LogP contribution is 2.28. The lowest BCUT2D eigenvalue weighted by atomic mass is 10.0. The monoisotopic (exact) mass is 312 g/mol. The van der Waals surface area contributed by atoms with Crippen LogP contribution in [0.3, 0.4) is 0 Å². The molecule has 0 aliphatic carbocycles. The smallest absolute Gasteiger partial charge is 0.391 e. The van der Waals surface area contributed by atoms with Gasteiger partial charge in [0.05, 0.1) is 5.69 Å². The molecule has 2 atom stereocenters. The lowest BCUT2D eigenvalue weighted by molar-refractivity contribution is 0.155. The number of aromatic nitrogens is 2. The number of carbonyl (C=O) groups is 1. The third-order valence-corrected chi connectivity index (χ3v) is 4.75. The van der Waals surface area contributed by atoms with Gasteiger partial charge in [0.2, 0.25) is 5.88 Å². The van der Waals surface area contributed by atoms with Crippen LogP contribution in [0.1, 0.15) is 0 Å². The van der Waals surface area contributed by atoms with E-state index in [1.165, 1.54) is 0 Å². The number of aryl methyl sites for hydroxylation is 1. The Balaban J connectivity index is 1.47. The van der Waals surface area contributed by atoms with Crippen molar-refractivity contribution in [3.8, 4) is 17.1 Å². The second-order valence-electron chi connectivity index (χ2n) is 6.31. The van der Waals surface area contributed by atoms with E-state index >= 15 is 0 Å². The van der Waals surface area contributed by atoms with E-state index in [0.29, 0.717) is 17.7 Å². The zero-order chi connectivity index (χ0) is 15.8. The molecule has 2 fully saturated rings. The van der Waals surface area contributed by atoms with E-state index in [0.717, 1.165) is 37.4 Å². The van der Waals surface area contributed by atoms with Gasteiger partial charge in [0, 0.05) is 44.9 Å². The van der Waals surface area contributed by atoms with Crippen LogP contribution in [0.2, 0.25) is 0 Å². The molecule has 2 saturated heterocycles. The van der Waals surface area contributed by atoms with Gasteiger partial charge in [-0.3, -0.25) is 0 Å². The molecule has 1 N–H and O–H groups in total. The largest absolute Gasteiger partial charge is 0.416 e. The zero-order valence-electron chi connectivity index (χ0n) is 13.1. The predicted molar refractivity (Wildman–Crippen MR) is 86.1 cm³/mol. The van der Waals surface area contributed by atoms with Crippen molar-refractivity contribution in [2.24, 2.45) is 18.9 Å². The van der Waals surface area contributed by atoms with Crippen LogP contribution >= 0.6 is 0 Å². The number of hydrogen-bond donors (Lipinski definition) is 1. The Labute approximate surface area is 135 Å². The van der Waals surface area contributed by atoms with E-state index in [1.54, 1.807) is 11.7 Å². The molecule has 1 aromatic carbocycles. The fourth-order valence-corrected chi connectivity index (χ4v) is 3.45. The van der Waals surface area contributed by atoms with Crippen LogP contribution in [-0.4, -0.2) is 47.0 Å². The summed E-state index contributed by atoms with van der Waals surface area (Å²) in [5, 5.41) is 7.80. The molecule has 1 amide bonds. The number of ether oxygens (including phenoxy) is 1. The van der Waals surface area contributed by atoms with Crippen molar-refractivity contribution in [1.29, 1.82) is 0 Å². The van der Waals surface area contributed by atoms with Crippen molar-refractivity contribution in [2.75, 3.05) is 26.2 Å². The molecular formula is C17H20N4O2. The number of rotatable bonds is 2. The first-order valence-corrected chi connectivity index (χ1v) is 7.97. The van der Waals surface area contributed by atoms with E-state index in [1.807, 2.05) is 41.3 Å². The van der Waals surface area contributed by atoms with Gasteiger partial charge in [0.25, 0.3) is 0 Å². The van der Waals surface area contributed by atoms with Gasteiger partial charge in [-0.1, -0.05) is 30.3 Å². The van der Waals surface area contributed by atoms with Crippen molar-refractivity contribution < 1.29 is 9.53 Å². The number of carbonyl (C=O) groups excluding carboxylic acids is 1. The maximum Gasteiger partial charge on any atom is 0.416 e. The number of likely N-dealkylation sites (tertiary alicyclic amines) is 1. The van der Waals surface area contributed by atoms with Crippen molar-refractivity contribution in [1.82, 2.24) is 20.0 Å². The van der Waals surface area contributed by atoms with E-state index in [2.05, 4.69) is 10.4 Å². The second kappa shape index (κ2) is 5.70. The van der Waals surface area contributed by atoms with Crippen molar-refractivity contribution in [3.63, 3.8) is 0 Å². The Bertz CT molecular complexity index is 701. The zero-order valence-corrected chi connectivity index (χ0v) is 13.1. The van der Waals surface area contributed by atoms with Gasteiger partial charge < -0.3 is 15.0 Å². The fourth-order valence-electron chi connectivity index (χ4n) is 3.45. The normalized spacial score (nSPS) is 23.1. The molecule has 1 aromatic heterocycles. The summed E-state index contributed by atoms with van der Waals surface area (Å²) in [5.41, 5.74) is 1.81. The minimum absolute atomic E-state index is 0.276. The number of nitrogens with one attached hydrogen (secondary N) is 1. The van der Waals surface area contributed by atoms with Crippen LogP contribution in [0, 0.1) is 11.8 Å². The van der Waals surface area contributed by atoms with Crippen LogP contribution < -0.4 is 10.1 Å². The standard InChI is InChI=1S/C17H20N4O2/c1-20-16(7-15(19-20)12-5-3-2-4-6-12)23-17(22)21-10-13-8-18-9-14(13)11-21/h2-7,13-14,18H,8-11H2,1H3. The molecule has 2 aliphatic heterocycles. The maximum atomic E-state index is 12.4. The number of hydrogen-bond acceptors (Lipinski definition) is 4.